The van der Waals surface area contributed by atoms with Gasteiger partial charge in [-0.3, -0.25) is 9.48 Å². The molecule has 26 heavy (non-hydrogen) atoms. The minimum atomic E-state index is -4.63. The van der Waals surface area contributed by atoms with Crippen LogP contribution in [0.3, 0.4) is 0 Å². The van der Waals surface area contributed by atoms with Gasteiger partial charge in [-0.05, 0) is 45.8 Å². The Bertz CT molecular complexity index is 624. The molecule has 1 amide bonds. The molecule has 1 aliphatic rings. The molecule has 9 heteroatoms. The molecule has 0 aliphatic heterocycles. The van der Waals surface area contributed by atoms with Crippen molar-refractivity contribution in [2.45, 2.75) is 58.2 Å². The maximum absolute atomic E-state index is 13.1. The molecule has 1 N–H and O–H groups in total. The molecule has 1 aromatic rings. The van der Waals surface area contributed by atoms with Crippen LogP contribution < -0.4 is 5.32 Å². The molecule has 1 unspecified atom stereocenters. The molecule has 0 spiro atoms. The highest BCUT2D eigenvalue weighted by Gasteiger charge is 2.43. The molecular formula is C17H26ClF3N4O. The molecule has 1 atom stereocenters. The van der Waals surface area contributed by atoms with E-state index in [2.05, 4.69) is 29.2 Å². The van der Waals surface area contributed by atoms with E-state index in [0.29, 0.717) is 12.2 Å². The maximum Gasteiger partial charge on any atom is 0.436 e. The van der Waals surface area contributed by atoms with E-state index in [-0.39, 0.29) is 16.8 Å². The van der Waals surface area contributed by atoms with Crippen molar-refractivity contribution in [2.75, 3.05) is 26.2 Å². The van der Waals surface area contributed by atoms with E-state index >= 15 is 0 Å². The average molecular weight is 395 g/mol. The van der Waals surface area contributed by atoms with Crippen LogP contribution in [-0.4, -0.2) is 46.8 Å². The number of carbonyl (C=O) groups is 1. The molecular weight excluding hydrogens is 369 g/mol. The molecule has 1 fully saturated rings. The minimum absolute atomic E-state index is 0.0518. The summed E-state index contributed by atoms with van der Waals surface area (Å²) in [5.41, 5.74) is -0.785. The van der Waals surface area contributed by atoms with E-state index < -0.39 is 17.9 Å². The molecule has 2 rings (SSSR count). The van der Waals surface area contributed by atoms with Gasteiger partial charge in [-0.2, -0.15) is 18.3 Å². The first kappa shape index (κ1) is 21.0. The molecule has 0 saturated heterocycles. The molecule has 148 valence electrons. The number of carbonyl (C=O) groups excluding carboxylic acids is 1. The lowest BCUT2D eigenvalue weighted by Crippen LogP contribution is -2.34. The predicted molar refractivity (Wildman–Crippen MR) is 94.3 cm³/mol. The summed E-state index contributed by atoms with van der Waals surface area (Å²) in [6.07, 6.45) is -2.32. The summed E-state index contributed by atoms with van der Waals surface area (Å²) < 4.78 is 40.5. The van der Waals surface area contributed by atoms with E-state index in [1.807, 2.05) is 0 Å². The Morgan fingerprint density at radius 3 is 2.50 bits per heavy atom. The largest absolute Gasteiger partial charge is 0.436 e. The van der Waals surface area contributed by atoms with Gasteiger partial charge in [0.2, 0.25) is 5.91 Å². The Morgan fingerprint density at radius 1 is 1.38 bits per heavy atom. The first-order chi connectivity index (χ1) is 12.2. The summed E-state index contributed by atoms with van der Waals surface area (Å²) in [5.74, 6) is -0.400. The lowest BCUT2D eigenvalue weighted by molar-refractivity contribution is -0.141. The Labute approximate surface area is 156 Å². The third-order valence-electron chi connectivity index (χ3n) is 4.71. The van der Waals surface area contributed by atoms with Gasteiger partial charge in [-0.1, -0.05) is 25.4 Å². The Kier molecular flexibility index (Phi) is 6.96. The first-order valence-electron chi connectivity index (χ1n) is 9.05. The molecule has 1 aromatic heterocycles. The zero-order chi connectivity index (χ0) is 19.5. The van der Waals surface area contributed by atoms with Crippen molar-refractivity contribution in [1.29, 1.82) is 0 Å². The van der Waals surface area contributed by atoms with Crippen molar-refractivity contribution in [3.63, 3.8) is 0 Å². The fourth-order valence-electron chi connectivity index (χ4n) is 2.94. The fraction of sp³-hybridized carbons (Fsp3) is 0.765. The number of alkyl halides is 3. The van der Waals surface area contributed by atoms with Crippen molar-refractivity contribution in [2.24, 2.45) is 0 Å². The van der Waals surface area contributed by atoms with E-state index in [4.69, 9.17) is 11.6 Å². The minimum Gasteiger partial charge on any atom is -0.354 e. The number of amides is 1. The average Bonchev–Trinajstić information content (AvgIpc) is 3.35. The number of hydrogen-bond donors (Lipinski definition) is 1. The lowest BCUT2D eigenvalue weighted by Gasteiger charge is -2.19. The summed E-state index contributed by atoms with van der Waals surface area (Å²) in [5, 5.41) is 6.05. The smallest absolute Gasteiger partial charge is 0.354 e. The van der Waals surface area contributed by atoms with Gasteiger partial charge in [0.1, 0.15) is 6.04 Å². The highest BCUT2D eigenvalue weighted by molar-refractivity contribution is 6.32. The van der Waals surface area contributed by atoms with Gasteiger partial charge < -0.3 is 10.2 Å². The second-order valence-corrected chi connectivity index (χ2v) is 6.99. The zero-order valence-corrected chi connectivity index (χ0v) is 16.1. The van der Waals surface area contributed by atoms with Crippen LogP contribution in [0.4, 0.5) is 13.2 Å². The van der Waals surface area contributed by atoms with Crippen LogP contribution >= 0.6 is 11.6 Å². The zero-order valence-electron chi connectivity index (χ0n) is 15.4. The van der Waals surface area contributed by atoms with Crippen LogP contribution in [0, 0.1) is 0 Å². The number of nitrogens with one attached hydrogen (secondary N) is 1. The lowest BCUT2D eigenvalue weighted by atomic mass is 10.2. The van der Waals surface area contributed by atoms with Crippen molar-refractivity contribution < 1.29 is 18.0 Å². The predicted octanol–water partition coefficient (Wildman–Crippen LogP) is 3.84. The Balaban J connectivity index is 2.04. The molecule has 0 bridgehead atoms. The molecule has 0 aromatic carbocycles. The topological polar surface area (TPSA) is 50.2 Å². The highest BCUT2D eigenvalue weighted by atomic mass is 35.5. The van der Waals surface area contributed by atoms with Gasteiger partial charge >= 0.3 is 6.18 Å². The van der Waals surface area contributed by atoms with E-state index in [0.717, 1.165) is 43.6 Å². The highest BCUT2D eigenvalue weighted by Crippen LogP contribution is 2.47. The van der Waals surface area contributed by atoms with Gasteiger partial charge in [-0.25, -0.2) is 0 Å². The second kappa shape index (κ2) is 8.61. The van der Waals surface area contributed by atoms with Crippen LogP contribution in [0.1, 0.15) is 63.4 Å². The molecule has 1 saturated carbocycles. The van der Waals surface area contributed by atoms with E-state index in [1.165, 1.54) is 0 Å². The van der Waals surface area contributed by atoms with Crippen molar-refractivity contribution in [3.05, 3.63) is 16.4 Å². The fourth-order valence-corrected chi connectivity index (χ4v) is 3.33. The quantitative estimate of drug-likeness (QED) is 0.647. The van der Waals surface area contributed by atoms with Gasteiger partial charge in [-0.15, -0.1) is 0 Å². The third kappa shape index (κ3) is 4.91. The van der Waals surface area contributed by atoms with Gasteiger partial charge in [0.25, 0.3) is 0 Å². The van der Waals surface area contributed by atoms with Crippen LogP contribution in [-0.2, 0) is 11.0 Å². The summed E-state index contributed by atoms with van der Waals surface area (Å²) >= 11 is 5.95. The van der Waals surface area contributed by atoms with Crippen molar-refractivity contribution in [3.8, 4) is 0 Å². The molecule has 0 radical (unpaired) electrons. The second-order valence-electron chi connectivity index (χ2n) is 6.61. The number of rotatable bonds is 9. The first-order valence-corrected chi connectivity index (χ1v) is 9.43. The van der Waals surface area contributed by atoms with Crippen molar-refractivity contribution in [1.82, 2.24) is 20.0 Å². The van der Waals surface area contributed by atoms with Gasteiger partial charge in [0.05, 0.1) is 10.7 Å². The normalized spacial score (nSPS) is 16.2. The molecule has 1 heterocycles. The number of hydrogen-bond acceptors (Lipinski definition) is 3. The maximum atomic E-state index is 13.1. The Hall–Kier alpha value is -1.28. The number of halogens is 4. The summed E-state index contributed by atoms with van der Waals surface area (Å²) in [6.45, 7) is 8.91. The molecule has 1 aliphatic carbocycles. The van der Waals surface area contributed by atoms with E-state index in [9.17, 15) is 18.0 Å². The standard InChI is InChI=1S/C17H26ClF3N4O/c1-4-24(5-2)10-6-9-22-16(26)11(3)25-14(12-7-8-12)13(18)15(23-25)17(19,20)21/h11-12H,4-10H2,1-3H3,(H,22,26). The summed E-state index contributed by atoms with van der Waals surface area (Å²) in [4.78, 5) is 14.6. The van der Waals surface area contributed by atoms with Gasteiger partial charge in [0, 0.05) is 12.5 Å². The summed E-state index contributed by atoms with van der Waals surface area (Å²) in [6, 6.07) is -0.840. The van der Waals surface area contributed by atoms with E-state index in [1.54, 1.807) is 6.92 Å². The van der Waals surface area contributed by atoms with Crippen LogP contribution in [0.5, 0.6) is 0 Å². The Morgan fingerprint density at radius 2 is 2.00 bits per heavy atom. The monoisotopic (exact) mass is 394 g/mol. The number of nitrogens with zero attached hydrogens (tertiary/aromatic N) is 3. The van der Waals surface area contributed by atoms with Crippen LogP contribution in [0.15, 0.2) is 0 Å². The van der Waals surface area contributed by atoms with Crippen LogP contribution in [0.2, 0.25) is 5.02 Å². The molecule has 5 nitrogen and oxygen atoms in total. The SMILES string of the molecule is CCN(CC)CCCNC(=O)C(C)n1nc(C(F)(F)F)c(Cl)c1C1CC1. The third-order valence-corrected chi connectivity index (χ3v) is 5.08. The number of aromatic nitrogens is 2. The van der Waals surface area contributed by atoms with Crippen molar-refractivity contribution >= 4 is 17.5 Å². The van der Waals surface area contributed by atoms with Crippen LogP contribution in [0.25, 0.3) is 0 Å². The summed E-state index contributed by atoms with van der Waals surface area (Å²) in [7, 11) is 0. The van der Waals surface area contributed by atoms with Gasteiger partial charge in [0.15, 0.2) is 5.69 Å².